The SMILES string of the molecule is CC1(c2cccc([N+](=O)[O-])c2)NC(=O)N(Cc2ccc(Cl)cc2Cl)C1=O. The lowest BCUT2D eigenvalue weighted by Gasteiger charge is -2.22. The van der Waals surface area contributed by atoms with Gasteiger partial charge in [-0.15, -0.1) is 0 Å². The van der Waals surface area contributed by atoms with Gasteiger partial charge in [0.05, 0.1) is 11.5 Å². The van der Waals surface area contributed by atoms with Crippen LogP contribution in [-0.2, 0) is 16.9 Å². The van der Waals surface area contributed by atoms with Crippen molar-refractivity contribution in [3.8, 4) is 0 Å². The van der Waals surface area contributed by atoms with Gasteiger partial charge in [-0.3, -0.25) is 19.8 Å². The minimum atomic E-state index is -1.40. The number of imide groups is 1. The monoisotopic (exact) mass is 393 g/mol. The van der Waals surface area contributed by atoms with Gasteiger partial charge in [0.1, 0.15) is 5.54 Å². The number of nitrogens with one attached hydrogen (secondary N) is 1. The molecule has 3 rings (SSSR count). The molecule has 7 nitrogen and oxygen atoms in total. The summed E-state index contributed by atoms with van der Waals surface area (Å²) in [5.41, 5.74) is -0.676. The molecule has 1 aliphatic rings. The average molecular weight is 394 g/mol. The number of non-ortho nitro benzene ring substituents is 1. The van der Waals surface area contributed by atoms with Gasteiger partial charge < -0.3 is 5.32 Å². The molecule has 26 heavy (non-hydrogen) atoms. The van der Waals surface area contributed by atoms with Crippen LogP contribution in [0.25, 0.3) is 0 Å². The summed E-state index contributed by atoms with van der Waals surface area (Å²) < 4.78 is 0. The Balaban J connectivity index is 1.93. The van der Waals surface area contributed by atoms with Crippen molar-refractivity contribution in [3.05, 3.63) is 73.8 Å². The summed E-state index contributed by atoms with van der Waals surface area (Å²) >= 11 is 12.0. The van der Waals surface area contributed by atoms with E-state index >= 15 is 0 Å². The molecule has 0 spiro atoms. The fraction of sp³-hybridized carbons (Fsp3) is 0.176. The molecule has 0 saturated carbocycles. The Morgan fingerprint density at radius 1 is 1.19 bits per heavy atom. The summed E-state index contributed by atoms with van der Waals surface area (Å²) in [5.74, 6) is -0.519. The van der Waals surface area contributed by atoms with Crippen LogP contribution >= 0.6 is 23.2 Å². The first-order valence-corrected chi connectivity index (χ1v) is 8.31. The number of nitro benzene ring substituents is 1. The summed E-state index contributed by atoms with van der Waals surface area (Å²) in [6.45, 7) is 1.47. The number of hydrogen-bond acceptors (Lipinski definition) is 4. The third kappa shape index (κ3) is 3.11. The second-order valence-corrected chi connectivity index (χ2v) is 6.83. The standard InChI is InChI=1S/C17H13Cl2N3O4/c1-17(11-3-2-4-13(7-11)22(25)26)15(23)21(16(24)20-17)9-10-5-6-12(18)8-14(10)19/h2-8H,9H2,1H3,(H,20,24). The smallest absolute Gasteiger partial charge is 0.319 e. The van der Waals surface area contributed by atoms with Crippen LogP contribution in [0.2, 0.25) is 10.0 Å². The highest BCUT2D eigenvalue weighted by atomic mass is 35.5. The van der Waals surface area contributed by atoms with Gasteiger partial charge in [0.15, 0.2) is 0 Å². The number of nitrogens with zero attached hydrogens (tertiary/aromatic N) is 2. The maximum atomic E-state index is 12.9. The Labute approximate surface area is 158 Å². The van der Waals surface area contributed by atoms with Crippen LogP contribution in [0.15, 0.2) is 42.5 Å². The quantitative estimate of drug-likeness (QED) is 0.484. The second-order valence-electron chi connectivity index (χ2n) is 5.99. The number of hydrogen-bond donors (Lipinski definition) is 1. The van der Waals surface area contributed by atoms with Crippen molar-refractivity contribution < 1.29 is 14.5 Å². The van der Waals surface area contributed by atoms with Gasteiger partial charge in [-0.25, -0.2) is 4.79 Å². The Bertz CT molecular complexity index is 934. The predicted molar refractivity (Wildman–Crippen MR) is 96.0 cm³/mol. The van der Waals surface area contributed by atoms with Crippen LogP contribution in [0.3, 0.4) is 0 Å². The van der Waals surface area contributed by atoms with E-state index in [4.69, 9.17) is 23.2 Å². The Morgan fingerprint density at radius 3 is 2.58 bits per heavy atom. The van der Waals surface area contributed by atoms with Crippen LogP contribution < -0.4 is 5.32 Å². The van der Waals surface area contributed by atoms with Crippen molar-refractivity contribution >= 4 is 40.8 Å². The van der Waals surface area contributed by atoms with E-state index in [0.717, 1.165) is 4.90 Å². The lowest BCUT2D eigenvalue weighted by atomic mass is 9.91. The third-order valence-corrected chi connectivity index (χ3v) is 4.84. The van der Waals surface area contributed by atoms with Gasteiger partial charge in [-0.2, -0.15) is 0 Å². The summed E-state index contributed by atoms with van der Waals surface area (Å²) in [4.78, 5) is 36.7. The van der Waals surface area contributed by atoms with Crippen LogP contribution in [0.4, 0.5) is 10.5 Å². The van der Waals surface area contributed by atoms with Crippen LogP contribution in [-0.4, -0.2) is 21.8 Å². The van der Waals surface area contributed by atoms with E-state index in [1.165, 1.54) is 31.2 Å². The van der Waals surface area contributed by atoms with E-state index in [0.29, 0.717) is 21.2 Å². The van der Waals surface area contributed by atoms with E-state index in [-0.39, 0.29) is 12.2 Å². The maximum Gasteiger partial charge on any atom is 0.325 e. The van der Waals surface area contributed by atoms with E-state index in [1.54, 1.807) is 18.2 Å². The molecule has 1 aliphatic heterocycles. The molecule has 1 saturated heterocycles. The minimum Gasteiger partial charge on any atom is -0.319 e. The fourth-order valence-electron chi connectivity index (χ4n) is 2.79. The summed E-state index contributed by atoms with van der Waals surface area (Å²) in [6.07, 6.45) is 0. The number of nitro groups is 1. The molecule has 2 aromatic carbocycles. The van der Waals surface area contributed by atoms with E-state index in [2.05, 4.69) is 5.32 Å². The number of halogens is 2. The maximum absolute atomic E-state index is 12.9. The van der Waals surface area contributed by atoms with Gasteiger partial charge in [-0.1, -0.05) is 41.4 Å². The van der Waals surface area contributed by atoms with Crippen LogP contribution in [0.5, 0.6) is 0 Å². The highest BCUT2D eigenvalue weighted by molar-refractivity contribution is 6.35. The lowest BCUT2D eigenvalue weighted by Crippen LogP contribution is -2.40. The van der Waals surface area contributed by atoms with Gasteiger partial charge in [-0.05, 0) is 30.2 Å². The highest BCUT2D eigenvalue weighted by Gasteiger charge is 2.49. The largest absolute Gasteiger partial charge is 0.325 e. The first kappa shape index (κ1) is 18.2. The van der Waals surface area contributed by atoms with Gasteiger partial charge >= 0.3 is 6.03 Å². The number of carbonyl (C=O) groups excluding carboxylic acids is 2. The third-order valence-electron chi connectivity index (χ3n) is 4.25. The predicted octanol–water partition coefficient (Wildman–Crippen LogP) is 3.87. The zero-order chi connectivity index (χ0) is 19.1. The molecule has 1 atom stereocenters. The van der Waals surface area contributed by atoms with Crippen LogP contribution in [0.1, 0.15) is 18.1 Å². The second kappa shape index (κ2) is 6.59. The number of carbonyl (C=O) groups is 2. The number of urea groups is 1. The van der Waals surface area contributed by atoms with Crippen molar-refractivity contribution in [2.24, 2.45) is 0 Å². The Hall–Kier alpha value is -2.64. The minimum absolute atomic E-state index is 0.0365. The van der Waals surface area contributed by atoms with Crippen molar-refractivity contribution in [3.63, 3.8) is 0 Å². The lowest BCUT2D eigenvalue weighted by molar-refractivity contribution is -0.385. The van der Waals surface area contributed by atoms with E-state index in [1.807, 2.05) is 0 Å². The van der Waals surface area contributed by atoms with Gasteiger partial charge in [0.25, 0.3) is 11.6 Å². The van der Waals surface area contributed by atoms with Crippen LogP contribution in [0, 0.1) is 10.1 Å². The average Bonchev–Trinajstić information content (AvgIpc) is 2.81. The molecule has 1 N–H and O–H groups in total. The Kier molecular flexibility index (Phi) is 4.60. The number of amides is 3. The highest BCUT2D eigenvalue weighted by Crippen LogP contribution is 2.32. The number of rotatable bonds is 4. The first-order chi connectivity index (χ1) is 12.2. The molecular weight excluding hydrogens is 381 g/mol. The molecule has 1 unspecified atom stereocenters. The molecule has 2 aromatic rings. The molecule has 1 fully saturated rings. The molecule has 1 heterocycles. The number of benzene rings is 2. The van der Waals surface area contributed by atoms with Crippen molar-refractivity contribution in [1.29, 1.82) is 0 Å². The molecule has 134 valence electrons. The molecule has 0 radical (unpaired) electrons. The molecule has 0 aliphatic carbocycles. The Morgan fingerprint density at radius 2 is 1.92 bits per heavy atom. The normalized spacial score (nSPS) is 19.6. The molecule has 9 heteroatoms. The van der Waals surface area contributed by atoms with Crippen molar-refractivity contribution in [2.45, 2.75) is 19.0 Å². The topological polar surface area (TPSA) is 92.6 Å². The molecule has 3 amide bonds. The van der Waals surface area contributed by atoms with Crippen molar-refractivity contribution in [1.82, 2.24) is 10.2 Å². The zero-order valence-electron chi connectivity index (χ0n) is 13.5. The van der Waals surface area contributed by atoms with E-state index < -0.39 is 22.4 Å². The molecule has 0 bridgehead atoms. The molecular formula is C17H13Cl2N3O4. The van der Waals surface area contributed by atoms with E-state index in [9.17, 15) is 19.7 Å². The zero-order valence-corrected chi connectivity index (χ0v) is 15.0. The van der Waals surface area contributed by atoms with Gasteiger partial charge in [0, 0.05) is 22.2 Å². The van der Waals surface area contributed by atoms with Gasteiger partial charge in [0.2, 0.25) is 0 Å². The summed E-state index contributed by atoms with van der Waals surface area (Å²) in [7, 11) is 0. The summed E-state index contributed by atoms with van der Waals surface area (Å²) in [6, 6.07) is 9.79. The fourth-order valence-corrected chi connectivity index (χ4v) is 3.26. The first-order valence-electron chi connectivity index (χ1n) is 7.55. The van der Waals surface area contributed by atoms with Crippen molar-refractivity contribution in [2.75, 3.05) is 0 Å². The summed E-state index contributed by atoms with van der Waals surface area (Å²) in [5, 5.41) is 14.4. The molecule has 0 aromatic heterocycles.